The lowest BCUT2D eigenvalue weighted by Gasteiger charge is -2.33. The van der Waals surface area contributed by atoms with Crippen molar-refractivity contribution < 1.29 is 9.59 Å². The molecule has 2 aromatic rings. The third-order valence-electron chi connectivity index (χ3n) is 5.39. The average molecular weight is 379 g/mol. The molecule has 1 unspecified atom stereocenters. The SMILES string of the molecule is Cc1ccc(Nc2nc(N3CCN(C=O)CC3)nc3c2C(=O)CC(C)C3)cc1. The number of carbonyl (C=O) groups excluding carboxylic acids is 2. The molecule has 1 aromatic heterocycles. The maximum atomic E-state index is 12.8. The van der Waals surface area contributed by atoms with E-state index in [0.717, 1.165) is 24.2 Å². The van der Waals surface area contributed by atoms with Gasteiger partial charge in [-0.25, -0.2) is 4.98 Å². The number of aryl methyl sites for hydroxylation is 1. The molecule has 1 aliphatic carbocycles. The Morgan fingerprint density at radius 3 is 2.46 bits per heavy atom. The van der Waals surface area contributed by atoms with E-state index in [0.29, 0.717) is 49.9 Å². The molecule has 0 bridgehead atoms. The molecule has 1 amide bonds. The number of amides is 1. The number of piperazine rings is 1. The van der Waals surface area contributed by atoms with Crippen LogP contribution < -0.4 is 10.2 Å². The Labute approximate surface area is 164 Å². The van der Waals surface area contributed by atoms with E-state index in [1.807, 2.05) is 31.2 Å². The Morgan fingerprint density at radius 1 is 1.07 bits per heavy atom. The van der Waals surface area contributed by atoms with Gasteiger partial charge in [-0.3, -0.25) is 9.59 Å². The second kappa shape index (κ2) is 7.58. The molecule has 1 atom stereocenters. The number of carbonyl (C=O) groups is 2. The van der Waals surface area contributed by atoms with Crippen LogP contribution in [0.4, 0.5) is 17.5 Å². The van der Waals surface area contributed by atoms with Gasteiger partial charge >= 0.3 is 0 Å². The van der Waals surface area contributed by atoms with Gasteiger partial charge in [0, 0.05) is 38.3 Å². The van der Waals surface area contributed by atoms with Crippen LogP contribution in [-0.2, 0) is 11.2 Å². The normalized spacial score (nSPS) is 19.4. The molecular formula is C21H25N5O2. The monoisotopic (exact) mass is 379 g/mol. The summed E-state index contributed by atoms with van der Waals surface area (Å²) >= 11 is 0. The third-order valence-corrected chi connectivity index (χ3v) is 5.39. The van der Waals surface area contributed by atoms with Gasteiger partial charge in [0.1, 0.15) is 5.82 Å². The molecule has 2 aliphatic rings. The Kier molecular flexibility index (Phi) is 4.98. The number of nitrogens with zero attached hydrogens (tertiary/aromatic N) is 4. The molecule has 0 spiro atoms. The summed E-state index contributed by atoms with van der Waals surface area (Å²) in [5.74, 6) is 1.59. The van der Waals surface area contributed by atoms with Crippen LogP contribution in [0.2, 0.25) is 0 Å². The Hall–Kier alpha value is -2.96. The first-order chi connectivity index (χ1) is 13.5. The van der Waals surface area contributed by atoms with Crippen molar-refractivity contribution in [2.75, 3.05) is 36.4 Å². The first-order valence-corrected chi connectivity index (χ1v) is 9.75. The second-order valence-corrected chi connectivity index (χ2v) is 7.75. The van der Waals surface area contributed by atoms with E-state index in [1.54, 1.807) is 4.90 Å². The summed E-state index contributed by atoms with van der Waals surface area (Å²) in [6.45, 7) is 6.80. The van der Waals surface area contributed by atoms with Crippen molar-refractivity contribution in [3.05, 3.63) is 41.1 Å². The van der Waals surface area contributed by atoms with Gasteiger partial charge in [-0.1, -0.05) is 24.6 Å². The van der Waals surface area contributed by atoms with Crippen LogP contribution in [0.15, 0.2) is 24.3 Å². The fourth-order valence-electron chi connectivity index (χ4n) is 3.79. The lowest BCUT2D eigenvalue weighted by Crippen LogP contribution is -2.46. The largest absolute Gasteiger partial charge is 0.342 e. The Balaban J connectivity index is 1.70. The molecule has 4 rings (SSSR count). The molecule has 1 aliphatic heterocycles. The van der Waals surface area contributed by atoms with E-state index in [2.05, 4.69) is 17.1 Å². The number of anilines is 3. The molecule has 0 saturated carbocycles. The highest BCUT2D eigenvalue weighted by Gasteiger charge is 2.30. The van der Waals surface area contributed by atoms with Gasteiger partial charge in [0.25, 0.3) is 0 Å². The van der Waals surface area contributed by atoms with E-state index >= 15 is 0 Å². The number of rotatable bonds is 4. The maximum absolute atomic E-state index is 12.8. The van der Waals surface area contributed by atoms with Gasteiger partial charge in [-0.15, -0.1) is 0 Å². The number of hydrogen-bond acceptors (Lipinski definition) is 6. The van der Waals surface area contributed by atoms with Crippen molar-refractivity contribution in [1.29, 1.82) is 0 Å². The molecule has 28 heavy (non-hydrogen) atoms. The Bertz CT molecular complexity index is 888. The molecule has 1 N–H and O–H groups in total. The number of Topliss-reactive ketones (excluding diaryl/α,β-unsaturated/α-hetero) is 1. The Morgan fingerprint density at radius 2 is 1.79 bits per heavy atom. The summed E-state index contributed by atoms with van der Waals surface area (Å²) in [5, 5.41) is 3.34. The van der Waals surface area contributed by atoms with Gasteiger partial charge in [0.05, 0.1) is 11.3 Å². The molecule has 7 heteroatoms. The molecule has 1 fully saturated rings. The van der Waals surface area contributed by atoms with Crippen LogP contribution in [0.25, 0.3) is 0 Å². The summed E-state index contributed by atoms with van der Waals surface area (Å²) in [7, 11) is 0. The number of aromatic nitrogens is 2. The highest BCUT2D eigenvalue weighted by atomic mass is 16.1. The smallest absolute Gasteiger partial charge is 0.227 e. The first-order valence-electron chi connectivity index (χ1n) is 9.75. The van der Waals surface area contributed by atoms with E-state index in [1.165, 1.54) is 5.56 Å². The quantitative estimate of drug-likeness (QED) is 0.823. The molecule has 7 nitrogen and oxygen atoms in total. The highest BCUT2D eigenvalue weighted by molar-refractivity contribution is 6.03. The molecule has 1 aromatic carbocycles. The summed E-state index contributed by atoms with van der Waals surface area (Å²) < 4.78 is 0. The summed E-state index contributed by atoms with van der Waals surface area (Å²) in [5.41, 5.74) is 3.51. The van der Waals surface area contributed by atoms with E-state index in [4.69, 9.17) is 9.97 Å². The van der Waals surface area contributed by atoms with Gasteiger partial charge < -0.3 is 15.1 Å². The zero-order valence-corrected chi connectivity index (χ0v) is 16.3. The zero-order valence-electron chi connectivity index (χ0n) is 16.3. The van der Waals surface area contributed by atoms with Crippen molar-refractivity contribution in [2.24, 2.45) is 5.92 Å². The van der Waals surface area contributed by atoms with E-state index < -0.39 is 0 Å². The number of fused-ring (bicyclic) bond motifs is 1. The van der Waals surface area contributed by atoms with Gasteiger partial charge in [0.15, 0.2) is 5.78 Å². The molecule has 1 saturated heterocycles. The van der Waals surface area contributed by atoms with Gasteiger partial charge in [-0.05, 0) is 31.4 Å². The first kappa shape index (κ1) is 18.4. The van der Waals surface area contributed by atoms with Gasteiger partial charge in [-0.2, -0.15) is 4.98 Å². The zero-order chi connectivity index (χ0) is 19.7. The van der Waals surface area contributed by atoms with E-state index in [-0.39, 0.29) is 11.7 Å². The predicted molar refractivity (Wildman–Crippen MR) is 108 cm³/mol. The second-order valence-electron chi connectivity index (χ2n) is 7.75. The minimum atomic E-state index is 0.0979. The van der Waals surface area contributed by atoms with Crippen LogP contribution >= 0.6 is 0 Å². The van der Waals surface area contributed by atoms with E-state index in [9.17, 15) is 9.59 Å². The van der Waals surface area contributed by atoms with Gasteiger partial charge in [0.2, 0.25) is 12.4 Å². The summed E-state index contributed by atoms with van der Waals surface area (Å²) in [4.78, 5) is 37.1. The van der Waals surface area contributed by atoms with Crippen LogP contribution in [-0.4, -0.2) is 53.2 Å². The third kappa shape index (κ3) is 3.69. The molecular weight excluding hydrogens is 354 g/mol. The maximum Gasteiger partial charge on any atom is 0.227 e. The standard InChI is InChI=1S/C21H25N5O2/c1-14-3-5-16(6-4-14)22-20-19-17(11-15(2)12-18(19)28)23-21(24-20)26-9-7-25(13-27)8-10-26/h3-6,13,15H,7-12H2,1-2H3,(H,22,23,24). The molecule has 0 radical (unpaired) electrons. The van der Waals surface area contributed by atoms with Crippen molar-refractivity contribution in [3.8, 4) is 0 Å². The topological polar surface area (TPSA) is 78.4 Å². The minimum absolute atomic E-state index is 0.0979. The summed E-state index contributed by atoms with van der Waals surface area (Å²) in [6, 6.07) is 8.03. The lowest BCUT2D eigenvalue weighted by molar-refractivity contribution is -0.118. The fraction of sp³-hybridized carbons (Fsp3) is 0.429. The van der Waals surface area contributed by atoms with Crippen LogP contribution in [0.1, 0.15) is 35.0 Å². The lowest BCUT2D eigenvalue weighted by atomic mass is 9.87. The molecule has 2 heterocycles. The van der Waals surface area contributed by atoms with Crippen molar-refractivity contribution in [1.82, 2.24) is 14.9 Å². The van der Waals surface area contributed by atoms with Crippen LogP contribution in [0.5, 0.6) is 0 Å². The van der Waals surface area contributed by atoms with Crippen molar-refractivity contribution in [2.45, 2.75) is 26.7 Å². The minimum Gasteiger partial charge on any atom is -0.342 e. The predicted octanol–water partition coefficient (Wildman–Crippen LogP) is 2.57. The average Bonchev–Trinajstić information content (AvgIpc) is 2.69. The van der Waals surface area contributed by atoms with Crippen molar-refractivity contribution >= 4 is 29.6 Å². The van der Waals surface area contributed by atoms with Crippen LogP contribution in [0.3, 0.4) is 0 Å². The number of ketones is 1. The van der Waals surface area contributed by atoms with Crippen molar-refractivity contribution in [3.63, 3.8) is 0 Å². The number of benzene rings is 1. The fourth-order valence-corrected chi connectivity index (χ4v) is 3.79. The van der Waals surface area contributed by atoms with Crippen LogP contribution in [0, 0.1) is 12.8 Å². The molecule has 146 valence electrons. The number of hydrogen-bond donors (Lipinski definition) is 1. The number of nitrogens with one attached hydrogen (secondary N) is 1. The highest BCUT2D eigenvalue weighted by Crippen LogP contribution is 2.32. The summed E-state index contributed by atoms with van der Waals surface area (Å²) in [6.07, 6.45) is 2.18.